The van der Waals surface area contributed by atoms with Gasteiger partial charge in [0.25, 0.3) is 0 Å². The second-order valence-corrected chi connectivity index (χ2v) is 4.33. The molecular weight excluding hydrogens is 303 g/mol. The highest BCUT2D eigenvalue weighted by Gasteiger charge is 2.38. The summed E-state index contributed by atoms with van der Waals surface area (Å²) < 4.78 is 41.2. The fourth-order valence-corrected chi connectivity index (χ4v) is 1.57. The molecule has 22 heavy (non-hydrogen) atoms. The third-order valence-electron chi connectivity index (χ3n) is 2.63. The molecule has 2 rings (SSSR count). The van der Waals surface area contributed by atoms with Crippen LogP contribution >= 0.6 is 0 Å². The molecule has 0 aliphatic rings. The zero-order valence-corrected chi connectivity index (χ0v) is 11.3. The molecule has 0 aliphatic heterocycles. The summed E-state index contributed by atoms with van der Waals surface area (Å²) in [5.41, 5.74) is 0.576. The fourth-order valence-electron chi connectivity index (χ4n) is 1.57. The number of alkyl halides is 3. The Bertz CT molecular complexity index is 693. The van der Waals surface area contributed by atoms with E-state index in [1.165, 1.54) is 31.2 Å². The van der Waals surface area contributed by atoms with Gasteiger partial charge >= 0.3 is 12.1 Å². The van der Waals surface area contributed by atoms with Crippen LogP contribution in [-0.2, 0) is 11.0 Å². The Morgan fingerprint density at radius 1 is 1.23 bits per heavy atom. The van der Waals surface area contributed by atoms with Crippen LogP contribution in [0.3, 0.4) is 0 Å². The summed E-state index contributed by atoms with van der Waals surface area (Å²) in [6.07, 6.45) is -4.71. The highest BCUT2D eigenvalue weighted by atomic mass is 19.4. The van der Waals surface area contributed by atoms with E-state index in [1.807, 2.05) is 0 Å². The van der Waals surface area contributed by atoms with Crippen molar-refractivity contribution >= 4 is 11.7 Å². The Morgan fingerprint density at radius 2 is 1.86 bits per heavy atom. The quantitative estimate of drug-likeness (QED) is 0.873. The lowest BCUT2D eigenvalue weighted by Gasteiger charge is -2.02. The molecule has 0 aliphatic carbocycles. The molecule has 1 heterocycles. The number of benzene rings is 1. The lowest BCUT2D eigenvalue weighted by Crippen LogP contribution is -2.27. The number of amides is 1. The number of carbonyl (C=O) groups excluding carboxylic acids is 2. The molecule has 0 saturated carbocycles. The van der Waals surface area contributed by atoms with Gasteiger partial charge in [-0.25, -0.2) is 0 Å². The lowest BCUT2D eigenvalue weighted by molar-refractivity contribution is -0.159. The largest absolute Gasteiger partial charge is 0.471 e. The number of halogens is 3. The number of hydrogen-bond donors (Lipinski definition) is 1. The predicted molar refractivity (Wildman–Crippen MR) is 67.8 cm³/mol. The number of Topliss-reactive ketones (excluding diaryl/α,β-unsaturated/α-hetero) is 1. The minimum absolute atomic E-state index is 0.158. The van der Waals surface area contributed by atoms with Crippen molar-refractivity contribution in [2.75, 3.05) is 6.54 Å². The average Bonchev–Trinajstić information content (AvgIpc) is 2.94. The van der Waals surface area contributed by atoms with E-state index >= 15 is 0 Å². The van der Waals surface area contributed by atoms with Gasteiger partial charge in [-0.05, 0) is 0 Å². The zero-order valence-electron chi connectivity index (χ0n) is 11.3. The van der Waals surface area contributed by atoms with Gasteiger partial charge in [0, 0.05) is 18.1 Å². The summed E-state index contributed by atoms with van der Waals surface area (Å²) in [5.74, 6) is -2.33. The van der Waals surface area contributed by atoms with Crippen LogP contribution in [0.1, 0.15) is 23.2 Å². The standard InChI is InChI=1S/C13H10F3N3O3/c1-7(20)17-6-10(21)8-2-4-9(5-3-8)11-18-12(22-19-11)13(14,15)16/h2-5H,6H2,1H3,(H,17,20). The fraction of sp³-hybridized carbons (Fsp3) is 0.231. The molecule has 0 unspecified atom stereocenters. The van der Waals surface area contributed by atoms with Crippen molar-refractivity contribution in [3.05, 3.63) is 35.7 Å². The summed E-state index contributed by atoms with van der Waals surface area (Å²) in [4.78, 5) is 25.7. The van der Waals surface area contributed by atoms with Crippen molar-refractivity contribution in [2.24, 2.45) is 0 Å². The number of ketones is 1. The molecule has 1 aromatic heterocycles. The van der Waals surface area contributed by atoms with E-state index in [1.54, 1.807) is 0 Å². The van der Waals surface area contributed by atoms with Gasteiger partial charge in [0.1, 0.15) is 0 Å². The van der Waals surface area contributed by atoms with Crippen LogP contribution in [0.15, 0.2) is 28.8 Å². The smallest absolute Gasteiger partial charge is 0.349 e. The van der Waals surface area contributed by atoms with Crippen LogP contribution in [0.4, 0.5) is 13.2 Å². The molecular formula is C13H10F3N3O3. The maximum Gasteiger partial charge on any atom is 0.471 e. The summed E-state index contributed by atoms with van der Waals surface area (Å²) in [7, 11) is 0. The van der Waals surface area contributed by atoms with Crippen LogP contribution in [0.25, 0.3) is 11.4 Å². The summed E-state index contributed by atoms with van der Waals surface area (Å²) >= 11 is 0. The molecule has 0 bridgehead atoms. The van der Waals surface area contributed by atoms with E-state index in [0.29, 0.717) is 5.56 Å². The SMILES string of the molecule is CC(=O)NCC(=O)c1ccc(-c2noc(C(F)(F)F)n2)cc1. The Hall–Kier alpha value is -2.71. The van der Waals surface area contributed by atoms with Crippen LogP contribution in [0, 0.1) is 0 Å². The number of nitrogens with one attached hydrogen (secondary N) is 1. The minimum atomic E-state index is -4.71. The van der Waals surface area contributed by atoms with Gasteiger partial charge in [0.2, 0.25) is 11.7 Å². The lowest BCUT2D eigenvalue weighted by atomic mass is 10.1. The zero-order chi connectivity index (χ0) is 16.3. The third-order valence-corrected chi connectivity index (χ3v) is 2.63. The Kier molecular flexibility index (Phi) is 4.25. The molecule has 1 N–H and O–H groups in total. The van der Waals surface area contributed by atoms with E-state index < -0.39 is 12.1 Å². The van der Waals surface area contributed by atoms with Gasteiger partial charge in [-0.15, -0.1) is 0 Å². The molecule has 0 fully saturated rings. The van der Waals surface area contributed by atoms with E-state index in [-0.39, 0.29) is 29.6 Å². The van der Waals surface area contributed by atoms with Crippen LogP contribution in [-0.4, -0.2) is 28.4 Å². The van der Waals surface area contributed by atoms with Gasteiger partial charge in [0.05, 0.1) is 6.54 Å². The van der Waals surface area contributed by atoms with Crippen molar-refractivity contribution in [1.82, 2.24) is 15.5 Å². The number of rotatable bonds is 4. The first-order valence-electron chi connectivity index (χ1n) is 6.06. The van der Waals surface area contributed by atoms with Gasteiger partial charge < -0.3 is 9.84 Å². The van der Waals surface area contributed by atoms with Gasteiger partial charge in [-0.2, -0.15) is 18.2 Å². The molecule has 1 aromatic carbocycles. The monoisotopic (exact) mass is 313 g/mol. The van der Waals surface area contributed by atoms with E-state index in [0.717, 1.165) is 0 Å². The maximum absolute atomic E-state index is 12.4. The molecule has 9 heteroatoms. The second-order valence-electron chi connectivity index (χ2n) is 4.33. The maximum atomic E-state index is 12.4. The average molecular weight is 313 g/mol. The van der Waals surface area contributed by atoms with Crippen molar-refractivity contribution in [3.8, 4) is 11.4 Å². The Balaban J connectivity index is 2.13. The van der Waals surface area contributed by atoms with Crippen molar-refractivity contribution < 1.29 is 27.3 Å². The summed E-state index contributed by atoms with van der Waals surface area (Å²) in [5, 5.41) is 5.60. The number of hydrogen-bond acceptors (Lipinski definition) is 5. The van der Waals surface area contributed by atoms with Gasteiger partial charge in [-0.1, -0.05) is 29.4 Å². The van der Waals surface area contributed by atoms with E-state index in [2.05, 4.69) is 20.0 Å². The number of carbonyl (C=O) groups is 2. The molecule has 0 atom stereocenters. The van der Waals surface area contributed by atoms with Gasteiger partial charge in [0.15, 0.2) is 5.78 Å². The van der Waals surface area contributed by atoms with Gasteiger partial charge in [-0.3, -0.25) is 9.59 Å². The molecule has 0 spiro atoms. The van der Waals surface area contributed by atoms with Crippen molar-refractivity contribution in [3.63, 3.8) is 0 Å². The molecule has 6 nitrogen and oxygen atoms in total. The van der Waals surface area contributed by atoms with Crippen LogP contribution < -0.4 is 5.32 Å². The topological polar surface area (TPSA) is 85.1 Å². The molecule has 0 saturated heterocycles. The van der Waals surface area contributed by atoms with Crippen molar-refractivity contribution in [2.45, 2.75) is 13.1 Å². The summed E-state index contributed by atoms with van der Waals surface area (Å²) in [6, 6.07) is 5.60. The first-order valence-corrected chi connectivity index (χ1v) is 6.06. The second kappa shape index (κ2) is 5.96. The normalized spacial score (nSPS) is 11.3. The van der Waals surface area contributed by atoms with E-state index in [4.69, 9.17) is 0 Å². The highest BCUT2D eigenvalue weighted by Crippen LogP contribution is 2.29. The predicted octanol–water partition coefficient (Wildman–Crippen LogP) is 2.07. The molecule has 0 radical (unpaired) electrons. The van der Waals surface area contributed by atoms with Crippen LogP contribution in [0.2, 0.25) is 0 Å². The molecule has 1 amide bonds. The van der Waals surface area contributed by atoms with E-state index in [9.17, 15) is 22.8 Å². The van der Waals surface area contributed by atoms with Crippen molar-refractivity contribution in [1.29, 1.82) is 0 Å². The Labute approximate surface area is 122 Å². The first-order chi connectivity index (χ1) is 10.3. The van der Waals surface area contributed by atoms with Crippen LogP contribution in [0.5, 0.6) is 0 Å². The Morgan fingerprint density at radius 3 is 2.36 bits per heavy atom. The first kappa shape index (κ1) is 15.7. The molecule has 116 valence electrons. The number of nitrogens with zero attached hydrogens (tertiary/aromatic N) is 2. The third kappa shape index (κ3) is 3.68. The minimum Gasteiger partial charge on any atom is -0.349 e. The molecule has 2 aromatic rings. The number of aromatic nitrogens is 2. The summed E-state index contributed by atoms with van der Waals surface area (Å²) in [6.45, 7) is 1.12. The highest BCUT2D eigenvalue weighted by molar-refractivity contribution is 5.99.